The van der Waals surface area contributed by atoms with Crippen LogP contribution in [0.25, 0.3) is 0 Å². The van der Waals surface area contributed by atoms with Gasteiger partial charge in [0.2, 0.25) is 5.91 Å². The Morgan fingerprint density at radius 1 is 1.07 bits per heavy atom. The van der Waals surface area contributed by atoms with Crippen LogP contribution < -0.4 is 15.4 Å². The fourth-order valence-corrected chi connectivity index (χ4v) is 3.89. The first-order valence-corrected chi connectivity index (χ1v) is 10.6. The highest BCUT2D eigenvalue weighted by molar-refractivity contribution is 9.10. The quantitative estimate of drug-likeness (QED) is 0.518. The summed E-state index contributed by atoms with van der Waals surface area (Å²) in [5, 5.41) is 5.85. The molecule has 1 aliphatic rings. The summed E-state index contributed by atoms with van der Waals surface area (Å²) in [4.78, 5) is 25.0. The molecule has 0 atom stereocenters. The Morgan fingerprint density at radius 3 is 2.48 bits per heavy atom. The number of amides is 2. The van der Waals surface area contributed by atoms with E-state index in [0.29, 0.717) is 33.8 Å². The molecule has 0 aromatic heterocycles. The van der Waals surface area contributed by atoms with E-state index in [1.807, 2.05) is 12.1 Å². The van der Waals surface area contributed by atoms with Gasteiger partial charge in [-0.15, -0.1) is 0 Å². The smallest absolute Gasteiger partial charge is 0.255 e. The Morgan fingerprint density at radius 2 is 1.79 bits per heavy atom. The van der Waals surface area contributed by atoms with E-state index < -0.39 is 0 Å². The minimum Gasteiger partial charge on any atom is -0.488 e. The first-order chi connectivity index (χ1) is 14.1. The van der Waals surface area contributed by atoms with Gasteiger partial charge in [0.1, 0.15) is 12.4 Å². The lowest BCUT2D eigenvalue weighted by atomic mass is 9.88. The summed E-state index contributed by atoms with van der Waals surface area (Å²) in [5.74, 6) is 0.555. The lowest BCUT2D eigenvalue weighted by Gasteiger charge is -2.20. The van der Waals surface area contributed by atoms with Crippen LogP contribution in [0.4, 0.5) is 11.4 Å². The van der Waals surface area contributed by atoms with E-state index >= 15 is 0 Å². The zero-order valence-electron chi connectivity index (χ0n) is 16.2. The van der Waals surface area contributed by atoms with Crippen molar-refractivity contribution in [2.24, 2.45) is 5.92 Å². The van der Waals surface area contributed by atoms with Crippen LogP contribution in [0, 0.1) is 5.92 Å². The number of hydrogen-bond donors (Lipinski definition) is 2. The molecule has 2 aromatic rings. The molecule has 1 fully saturated rings. The van der Waals surface area contributed by atoms with Crippen molar-refractivity contribution in [1.29, 1.82) is 0 Å². The fraction of sp³-hybridized carbons (Fsp3) is 0.304. The largest absolute Gasteiger partial charge is 0.488 e. The molecule has 152 valence electrons. The highest BCUT2D eigenvalue weighted by Crippen LogP contribution is 2.27. The summed E-state index contributed by atoms with van der Waals surface area (Å²) >= 11 is 3.42. The second kappa shape index (κ2) is 10.3. The molecular formula is C23H25BrN2O3. The van der Waals surface area contributed by atoms with Gasteiger partial charge in [0.05, 0.1) is 4.47 Å². The van der Waals surface area contributed by atoms with Crippen molar-refractivity contribution in [3.05, 3.63) is 65.2 Å². The average Bonchev–Trinajstić information content (AvgIpc) is 2.73. The van der Waals surface area contributed by atoms with Gasteiger partial charge in [0.15, 0.2) is 0 Å². The zero-order valence-corrected chi connectivity index (χ0v) is 17.8. The Labute approximate surface area is 179 Å². The van der Waals surface area contributed by atoms with Gasteiger partial charge in [-0.1, -0.05) is 38.0 Å². The Bertz CT molecular complexity index is 891. The van der Waals surface area contributed by atoms with Gasteiger partial charge in [0, 0.05) is 22.9 Å². The Kier molecular flexibility index (Phi) is 7.47. The van der Waals surface area contributed by atoms with Gasteiger partial charge in [-0.2, -0.15) is 0 Å². The van der Waals surface area contributed by atoms with Gasteiger partial charge in [-0.3, -0.25) is 9.59 Å². The maximum absolute atomic E-state index is 12.6. The van der Waals surface area contributed by atoms with Crippen LogP contribution in [0.15, 0.2) is 59.6 Å². The molecule has 2 amide bonds. The molecule has 2 aromatic carbocycles. The number of carbonyl (C=O) groups is 2. The van der Waals surface area contributed by atoms with Gasteiger partial charge in [0.25, 0.3) is 5.91 Å². The van der Waals surface area contributed by atoms with Crippen LogP contribution in [-0.4, -0.2) is 18.4 Å². The molecule has 0 aliphatic heterocycles. The predicted molar refractivity (Wildman–Crippen MR) is 119 cm³/mol. The molecule has 0 bridgehead atoms. The second-order valence-electron chi connectivity index (χ2n) is 7.10. The number of benzene rings is 2. The topological polar surface area (TPSA) is 67.4 Å². The molecule has 0 unspecified atom stereocenters. The molecule has 1 aliphatic carbocycles. The van der Waals surface area contributed by atoms with Crippen molar-refractivity contribution in [2.45, 2.75) is 32.1 Å². The van der Waals surface area contributed by atoms with Crippen LogP contribution in [-0.2, 0) is 4.79 Å². The Hall–Kier alpha value is -2.60. The highest BCUT2D eigenvalue weighted by Gasteiger charge is 2.21. The fourth-order valence-electron chi connectivity index (χ4n) is 3.39. The van der Waals surface area contributed by atoms with Crippen molar-refractivity contribution in [3.63, 3.8) is 0 Å². The number of hydrogen-bond acceptors (Lipinski definition) is 3. The van der Waals surface area contributed by atoms with Crippen molar-refractivity contribution >= 4 is 39.1 Å². The molecule has 1 saturated carbocycles. The van der Waals surface area contributed by atoms with E-state index in [-0.39, 0.29) is 17.7 Å². The molecule has 6 heteroatoms. The third kappa shape index (κ3) is 5.94. The number of carbonyl (C=O) groups excluding carboxylic acids is 2. The molecule has 2 N–H and O–H groups in total. The molecular weight excluding hydrogens is 432 g/mol. The standard InChI is InChI=1S/C23H25BrN2O3/c1-2-13-29-21-12-11-17(14-20(21)24)23(28)26-19-10-6-9-18(15-19)25-22(27)16-7-4-3-5-8-16/h2,6,9-12,14-16H,1,3-5,7-8,13H2,(H,25,27)(H,26,28). The SMILES string of the molecule is C=CCOc1ccc(C(=O)Nc2cccc(NC(=O)C3CCCCC3)c2)cc1Br. The summed E-state index contributed by atoms with van der Waals surface area (Å²) in [5.41, 5.74) is 1.81. The van der Waals surface area contributed by atoms with E-state index in [9.17, 15) is 9.59 Å². The van der Waals surface area contributed by atoms with Crippen LogP contribution in [0.3, 0.4) is 0 Å². The third-order valence-electron chi connectivity index (χ3n) is 4.91. The molecule has 3 rings (SSSR count). The average molecular weight is 457 g/mol. The third-order valence-corrected chi connectivity index (χ3v) is 5.53. The lowest BCUT2D eigenvalue weighted by Crippen LogP contribution is -2.24. The maximum atomic E-state index is 12.6. The highest BCUT2D eigenvalue weighted by atomic mass is 79.9. The van der Waals surface area contributed by atoms with Gasteiger partial charge >= 0.3 is 0 Å². The van der Waals surface area contributed by atoms with Crippen LogP contribution >= 0.6 is 15.9 Å². The number of halogens is 1. The van der Waals surface area contributed by atoms with Crippen molar-refractivity contribution in [3.8, 4) is 5.75 Å². The summed E-state index contributed by atoms with van der Waals surface area (Å²) < 4.78 is 6.20. The summed E-state index contributed by atoms with van der Waals surface area (Å²) in [7, 11) is 0. The minimum absolute atomic E-state index is 0.0622. The van der Waals surface area contributed by atoms with Crippen molar-refractivity contribution in [2.75, 3.05) is 17.2 Å². The van der Waals surface area contributed by atoms with E-state index in [2.05, 4.69) is 33.1 Å². The number of nitrogens with one attached hydrogen (secondary N) is 2. The minimum atomic E-state index is -0.239. The monoisotopic (exact) mass is 456 g/mol. The Balaban J connectivity index is 1.63. The molecule has 29 heavy (non-hydrogen) atoms. The van der Waals surface area contributed by atoms with Crippen LogP contribution in [0.2, 0.25) is 0 Å². The maximum Gasteiger partial charge on any atom is 0.255 e. The van der Waals surface area contributed by atoms with Gasteiger partial charge in [-0.05, 0) is 65.2 Å². The van der Waals surface area contributed by atoms with E-state index in [1.165, 1.54) is 6.42 Å². The second-order valence-corrected chi connectivity index (χ2v) is 7.96. The lowest BCUT2D eigenvalue weighted by molar-refractivity contribution is -0.120. The van der Waals surface area contributed by atoms with Crippen molar-refractivity contribution in [1.82, 2.24) is 0 Å². The first kappa shape index (κ1) is 21.1. The summed E-state index contributed by atoms with van der Waals surface area (Å²) in [6, 6.07) is 12.4. The molecule has 0 spiro atoms. The summed E-state index contributed by atoms with van der Waals surface area (Å²) in [6.07, 6.45) is 6.99. The number of ether oxygens (including phenoxy) is 1. The van der Waals surface area contributed by atoms with Gasteiger partial charge < -0.3 is 15.4 Å². The van der Waals surface area contributed by atoms with E-state index in [1.54, 1.807) is 36.4 Å². The van der Waals surface area contributed by atoms with E-state index in [4.69, 9.17) is 4.74 Å². The number of rotatable bonds is 7. The van der Waals surface area contributed by atoms with Gasteiger partial charge in [-0.25, -0.2) is 0 Å². The molecule has 0 heterocycles. The zero-order chi connectivity index (χ0) is 20.6. The molecule has 0 radical (unpaired) electrons. The summed E-state index contributed by atoms with van der Waals surface area (Å²) in [6.45, 7) is 4.01. The first-order valence-electron chi connectivity index (χ1n) is 9.82. The molecule has 5 nitrogen and oxygen atoms in total. The number of anilines is 2. The van der Waals surface area contributed by atoms with Crippen molar-refractivity contribution < 1.29 is 14.3 Å². The van der Waals surface area contributed by atoms with E-state index in [0.717, 1.165) is 25.7 Å². The van der Waals surface area contributed by atoms with Crippen LogP contribution in [0.1, 0.15) is 42.5 Å². The molecule has 0 saturated heterocycles. The van der Waals surface area contributed by atoms with Crippen LogP contribution in [0.5, 0.6) is 5.75 Å². The predicted octanol–water partition coefficient (Wildman–Crippen LogP) is 5.79. The normalized spacial score (nSPS) is 14.1.